The van der Waals surface area contributed by atoms with E-state index in [-0.39, 0.29) is 24.1 Å². The molecule has 0 amide bonds. The summed E-state index contributed by atoms with van der Waals surface area (Å²) in [5.41, 5.74) is 1.56. The van der Waals surface area contributed by atoms with Gasteiger partial charge in [-0.3, -0.25) is 4.79 Å². The van der Waals surface area contributed by atoms with E-state index in [2.05, 4.69) is 9.97 Å². The summed E-state index contributed by atoms with van der Waals surface area (Å²) < 4.78 is 16.4. The number of para-hydroxylation sites is 1. The molecule has 0 fully saturated rings. The van der Waals surface area contributed by atoms with Crippen molar-refractivity contribution in [3.8, 4) is 11.5 Å². The summed E-state index contributed by atoms with van der Waals surface area (Å²) in [6.45, 7) is 1.82. The van der Waals surface area contributed by atoms with Crippen molar-refractivity contribution in [2.45, 2.75) is 26.1 Å². The van der Waals surface area contributed by atoms with Crippen LogP contribution in [0.4, 0.5) is 0 Å². The second-order valence-corrected chi connectivity index (χ2v) is 6.41. The quantitative estimate of drug-likeness (QED) is 0.714. The molecule has 1 N–H and O–H groups in total. The van der Waals surface area contributed by atoms with E-state index in [4.69, 9.17) is 14.2 Å². The van der Waals surface area contributed by atoms with E-state index < -0.39 is 5.97 Å². The summed E-state index contributed by atoms with van der Waals surface area (Å²) in [7, 11) is 1.53. The molecule has 27 heavy (non-hydrogen) atoms. The number of aromatic amines is 1. The van der Waals surface area contributed by atoms with Gasteiger partial charge in [-0.1, -0.05) is 12.1 Å². The van der Waals surface area contributed by atoms with E-state index in [1.165, 1.54) is 7.11 Å². The van der Waals surface area contributed by atoms with Gasteiger partial charge in [0, 0.05) is 12.0 Å². The lowest BCUT2D eigenvalue weighted by molar-refractivity contribution is 0.0462. The summed E-state index contributed by atoms with van der Waals surface area (Å²) in [5, 5.41) is 0.491. The zero-order valence-corrected chi connectivity index (χ0v) is 14.9. The number of H-pyrrole nitrogens is 1. The molecule has 4 rings (SSSR count). The Balaban J connectivity index is 1.55. The van der Waals surface area contributed by atoms with Crippen LogP contribution in [0.2, 0.25) is 0 Å². The molecular formula is C20H18N2O5. The number of hydrogen-bond donors (Lipinski definition) is 1. The van der Waals surface area contributed by atoms with Gasteiger partial charge in [-0.25, -0.2) is 9.78 Å². The highest BCUT2D eigenvalue weighted by Crippen LogP contribution is 2.39. The summed E-state index contributed by atoms with van der Waals surface area (Å²) in [5.74, 6) is 0.937. The molecule has 3 aromatic rings. The summed E-state index contributed by atoms with van der Waals surface area (Å²) in [4.78, 5) is 31.5. The first kappa shape index (κ1) is 17.1. The Hall–Kier alpha value is -3.35. The van der Waals surface area contributed by atoms with Gasteiger partial charge >= 0.3 is 5.97 Å². The van der Waals surface area contributed by atoms with Crippen LogP contribution >= 0.6 is 0 Å². The lowest BCUT2D eigenvalue weighted by atomic mass is 10.1. The van der Waals surface area contributed by atoms with Crippen molar-refractivity contribution in [1.29, 1.82) is 0 Å². The molecule has 2 aromatic carbocycles. The molecule has 7 heteroatoms. The third kappa shape index (κ3) is 3.23. The summed E-state index contributed by atoms with van der Waals surface area (Å²) in [6.07, 6.45) is 0.735. The van der Waals surface area contributed by atoms with Gasteiger partial charge < -0.3 is 19.2 Å². The Morgan fingerprint density at radius 3 is 2.96 bits per heavy atom. The number of carbonyl (C=O) groups is 1. The molecule has 1 aliphatic heterocycles. The molecule has 0 aliphatic carbocycles. The van der Waals surface area contributed by atoms with Crippen LogP contribution in [0, 0.1) is 0 Å². The number of nitrogens with zero attached hydrogens (tertiary/aromatic N) is 1. The molecular weight excluding hydrogens is 348 g/mol. The minimum atomic E-state index is -0.522. The number of esters is 1. The Labute approximate surface area is 154 Å². The van der Waals surface area contributed by atoms with Crippen molar-refractivity contribution in [3.63, 3.8) is 0 Å². The second-order valence-electron chi connectivity index (χ2n) is 6.41. The van der Waals surface area contributed by atoms with E-state index in [9.17, 15) is 9.59 Å². The number of methoxy groups -OCH3 is 1. The van der Waals surface area contributed by atoms with Crippen molar-refractivity contribution in [2.24, 2.45) is 0 Å². The Morgan fingerprint density at radius 1 is 1.33 bits per heavy atom. The first-order chi connectivity index (χ1) is 13.0. The highest BCUT2D eigenvalue weighted by Gasteiger charge is 2.25. The molecule has 1 atom stereocenters. The third-order valence-corrected chi connectivity index (χ3v) is 4.42. The van der Waals surface area contributed by atoms with Crippen LogP contribution in [-0.4, -0.2) is 29.2 Å². The fraction of sp³-hybridized carbons (Fsp3) is 0.250. The van der Waals surface area contributed by atoms with E-state index >= 15 is 0 Å². The molecule has 0 saturated carbocycles. The number of benzene rings is 2. The maximum atomic E-state index is 12.5. The maximum Gasteiger partial charge on any atom is 0.338 e. The van der Waals surface area contributed by atoms with Crippen LogP contribution in [0.3, 0.4) is 0 Å². The van der Waals surface area contributed by atoms with Crippen molar-refractivity contribution in [1.82, 2.24) is 9.97 Å². The molecule has 1 aliphatic rings. The Morgan fingerprint density at radius 2 is 2.15 bits per heavy atom. The Bertz CT molecular complexity index is 1090. The van der Waals surface area contributed by atoms with Crippen LogP contribution in [-0.2, 0) is 17.8 Å². The number of fused-ring (bicyclic) bond motifs is 2. The number of aromatic nitrogens is 2. The number of hydrogen-bond acceptors (Lipinski definition) is 6. The number of nitrogens with one attached hydrogen (secondary N) is 1. The van der Waals surface area contributed by atoms with Gasteiger partial charge in [0.15, 0.2) is 11.5 Å². The number of carbonyl (C=O) groups excluding carboxylic acids is 1. The average molecular weight is 366 g/mol. The lowest BCUT2D eigenvalue weighted by Crippen LogP contribution is -2.14. The lowest BCUT2D eigenvalue weighted by Gasteiger charge is -2.10. The van der Waals surface area contributed by atoms with Crippen LogP contribution < -0.4 is 15.0 Å². The second kappa shape index (κ2) is 6.75. The average Bonchev–Trinajstić information content (AvgIpc) is 3.05. The molecule has 0 unspecified atom stereocenters. The predicted molar refractivity (Wildman–Crippen MR) is 98.3 cm³/mol. The van der Waals surface area contributed by atoms with Gasteiger partial charge in [-0.15, -0.1) is 0 Å². The minimum Gasteiger partial charge on any atom is -0.493 e. The Kier molecular flexibility index (Phi) is 4.27. The third-order valence-electron chi connectivity index (χ3n) is 4.42. The standard InChI is InChI=1S/C20H18N2O5/c1-11-7-12-8-13(9-16(25-2)18(12)27-11)20(24)26-10-17-21-15-6-4-3-5-14(15)19(23)22-17/h3-6,8-9,11H,7,10H2,1-2H3,(H,21,22,23)/t11-/m0/s1. The van der Waals surface area contributed by atoms with Gasteiger partial charge in [-0.05, 0) is 31.2 Å². The molecule has 138 valence electrons. The normalized spacial score (nSPS) is 15.3. The molecule has 0 radical (unpaired) electrons. The summed E-state index contributed by atoms with van der Waals surface area (Å²) >= 11 is 0. The largest absolute Gasteiger partial charge is 0.493 e. The maximum absolute atomic E-state index is 12.5. The topological polar surface area (TPSA) is 90.5 Å². The summed E-state index contributed by atoms with van der Waals surface area (Å²) in [6, 6.07) is 10.3. The molecule has 0 bridgehead atoms. The minimum absolute atomic E-state index is 0.0343. The van der Waals surface area contributed by atoms with Gasteiger partial charge in [0.1, 0.15) is 18.5 Å². The van der Waals surface area contributed by atoms with E-state index in [0.717, 1.165) is 5.56 Å². The van der Waals surface area contributed by atoms with Gasteiger partial charge in [0.05, 0.1) is 23.6 Å². The zero-order valence-electron chi connectivity index (χ0n) is 14.9. The first-order valence-electron chi connectivity index (χ1n) is 8.58. The molecule has 7 nitrogen and oxygen atoms in total. The van der Waals surface area contributed by atoms with Gasteiger partial charge in [-0.2, -0.15) is 0 Å². The fourth-order valence-corrected chi connectivity index (χ4v) is 3.19. The highest BCUT2D eigenvalue weighted by molar-refractivity contribution is 5.90. The van der Waals surface area contributed by atoms with Crippen LogP contribution in [0.15, 0.2) is 41.2 Å². The first-order valence-corrected chi connectivity index (χ1v) is 8.58. The van der Waals surface area contributed by atoms with Crippen LogP contribution in [0.25, 0.3) is 10.9 Å². The molecule has 0 saturated heterocycles. The van der Waals surface area contributed by atoms with Crippen molar-refractivity contribution in [2.75, 3.05) is 7.11 Å². The van der Waals surface area contributed by atoms with Crippen molar-refractivity contribution >= 4 is 16.9 Å². The predicted octanol–water partition coefficient (Wildman–Crippen LogP) is 2.61. The molecule has 2 heterocycles. The highest BCUT2D eigenvalue weighted by atomic mass is 16.5. The van der Waals surface area contributed by atoms with E-state index in [1.807, 2.05) is 6.92 Å². The number of ether oxygens (including phenoxy) is 3. The zero-order chi connectivity index (χ0) is 19.0. The smallest absolute Gasteiger partial charge is 0.338 e. The van der Waals surface area contributed by atoms with Gasteiger partial charge in [0.2, 0.25) is 0 Å². The van der Waals surface area contributed by atoms with Crippen LogP contribution in [0.1, 0.15) is 28.7 Å². The van der Waals surface area contributed by atoms with E-state index in [1.54, 1.807) is 36.4 Å². The van der Waals surface area contributed by atoms with E-state index in [0.29, 0.717) is 34.4 Å². The van der Waals surface area contributed by atoms with Gasteiger partial charge in [0.25, 0.3) is 5.56 Å². The monoisotopic (exact) mass is 366 g/mol. The van der Waals surface area contributed by atoms with Crippen molar-refractivity contribution < 1.29 is 19.0 Å². The number of rotatable bonds is 4. The molecule has 1 aromatic heterocycles. The fourth-order valence-electron chi connectivity index (χ4n) is 3.19. The SMILES string of the molecule is COc1cc(C(=O)OCc2nc3ccccc3c(=O)[nH]2)cc2c1O[C@@H](C)C2. The van der Waals surface area contributed by atoms with Crippen molar-refractivity contribution in [3.05, 3.63) is 63.7 Å². The molecule has 0 spiro atoms. The van der Waals surface area contributed by atoms with Crippen LogP contribution in [0.5, 0.6) is 11.5 Å².